The zero-order chi connectivity index (χ0) is 48.7. The summed E-state index contributed by atoms with van der Waals surface area (Å²) in [6, 6.07) is 25.0. The molecule has 0 radical (unpaired) electrons. The number of nitrogens with zero attached hydrogens (tertiary/aromatic N) is 3. The summed E-state index contributed by atoms with van der Waals surface area (Å²) in [6.07, 6.45) is 4.52. The highest BCUT2D eigenvalue weighted by Gasteiger charge is 2.24. The van der Waals surface area contributed by atoms with Gasteiger partial charge < -0.3 is 0 Å². The van der Waals surface area contributed by atoms with Crippen LogP contribution in [0.2, 0.25) is 5.02 Å². The Labute approximate surface area is 407 Å². The maximum Gasteiger partial charge on any atom is 0.263 e. The molecule has 9 rings (SSSR count). The highest BCUT2D eigenvalue weighted by atomic mass is 35.5. The van der Waals surface area contributed by atoms with E-state index in [2.05, 4.69) is 30.9 Å². The lowest BCUT2D eigenvalue weighted by Crippen LogP contribution is -2.16. The van der Waals surface area contributed by atoms with Crippen molar-refractivity contribution in [1.82, 2.24) is 15.0 Å². The molecular formula is C51H32ClF5N6O3S3. The number of hydrogen-bond acceptors (Lipinski definition) is 9. The Morgan fingerprint density at radius 3 is 1.52 bits per heavy atom. The fraction of sp³-hybridized carbons (Fsp3) is 0.0588. The van der Waals surface area contributed by atoms with Gasteiger partial charge in [-0.05, 0) is 126 Å². The van der Waals surface area contributed by atoms with Gasteiger partial charge in [0, 0.05) is 34.7 Å². The standard InChI is InChI=1S/C51H32ClF5N6O3S3/c1-24-8-4-5-9-29(24)42-21-58-51(67-42)63-48(66)45-40(56)17-28(18-41(45)57)35-15-26(3)33(20-39(35)55)44-23-60-50(69-44)62-47(65)31-13-12-27(16-38(31)54)34-14-25(2)32(19-36(34)52)43-22-59-49(68-43)61-46(64)30-10-6-7-11-37(30)53/h4-23H,1-3H3,(H,58,63,66)(H,59,61,64)(H,60,62,65). The summed E-state index contributed by atoms with van der Waals surface area (Å²) in [5.74, 6) is -7.19. The van der Waals surface area contributed by atoms with E-state index in [4.69, 9.17) is 11.6 Å². The van der Waals surface area contributed by atoms with E-state index in [9.17, 15) is 18.8 Å². The van der Waals surface area contributed by atoms with Crippen LogP contribution in [0, 0.1) is 49.9 Å². The molecule has 0 saturated heterocycles. The van der Waals surface area contributed by atoms with Gasteiger partial charge in [0.15, 0.2) is 15.4 Å². The van der Waals surface area contributed by atoms with Crippen molar-refractivity contribution < 1.29 is 36.3 Å². The Hall–Kier alpha value is -7.44. The topological polar surface area (TPSA) is 126 Å². The van der Waals surface area contributed by atoms with Crippen LogP contribution in [0.1, 0.15) is 47.8 Å². The number of rotatable bonds is 11. The highest BCUT2D eigenvalue weighted by Crippen LogP contribution is 2.40. The van der Waals surface area contributed by atoms with Gasteiger partial charge in [-0.1, -0.05) is 88.1 Å². The number of aryl methyl sites for hydroxylation is 3. The summed E-state index contributed by atoms with van der Waals surface area (Å²) >= 11 is 10.0. The molecule has 9 aromatic rings. The van der Waals surface area contributed by atoms with E-state index in [0.717, 1.165) is 56.4 Å². The molecule has 0 fully saturated rings. The minimum Gasteiger partial charge on any atom is -0.298 e. The number of anilines is 3. The maximum atomic E-state index is 15.8. The predicted octanol–water partition coefficient (Wildman–Crippen LogP) is 14.4. The molecule has 0 atom stereocenters. The van der Waals surface area contributed by atoms with E-state index < -0.39 is 52.4 Å². The number of amides is 3. The first-order valence-electron chi connectivity index (χ1n) is 20.6. The minimum absolute atomic E-state index is 0.0943. The van der Waals surface area contributed by atoms with E-state index in [1.165, 1.54) is 60.0 Å². The quantitative estimate of drug-likeness (QED) is 0.111. The van der Waals surface area contributed by atoms with Crippen molar-refractivity contribution in [3.63, 3.8) is 0 Å². The second kappa shape index (κ2) is 19.3. The average molecular weight is 1000 g/mol. The lowest BCUT2D eigenvalue weighted by molar-refractivity contribution is 0.101. The summed E-state index contributed by atoms with van der Waals surface area (Å²) in [6.45, 7) is 5.42. The molecule has 0 spiro atoms. The molecule has 3 aromatic heterocycles. The lowest BCUT2D eigenvalue weighted by atomic mass is 9.97. The van der Waals surface area contributed by atoms with Gasteiger partial charge in [-0.15, -0.1) is 0 Å². The molecule has 6 aromatic carbocycles. The van der Waals surface area contributed by atoms with E-state index >= 15 is 17.6 Å². The summed E-state index contributed by atoms with van der Waals surface area (Å²) in [7, 11) is 0. The number of benzene rings is 6. The van der Waals surface area contributed by atoms with Crippen molar-refractivity contribution in [3.8, 4) is 53.6 Å². The van der Waals surface area contributed by atoms with Crippen LogP contribution in [0.3, 0.4) is 0 Å². The van der Waals surface area contributed by atoms with Crippen LogP contribution in [0.25, 0.3) is 53.6 Å². The van der Waals surface area contributed by atoms with E-state index in [0.29, 0.717) is 37.6 Å². The minimum atomic E-state index is -1.20. The highest BCUT2D eigenvalue weighted by molar-refractivity contribution is 7.19. The third kappa shape index (κ3) is 9.67. The second-order valence-electron chi connectivity index (χ2n) is 15.5. The van der Waals surface area contributed by atoms with Crippen LogP contribution in [0.5, 0.6) is 0 Å². The lowest BCUT2D eigenvalue weighted by Gasteiger charge is -2.12. The summed E-state index contributed by atoms with van der Waals surface area (Å²) < 4.78 is 76.4. The van der Waals surface area contributed by atoms with E-state index in [1.807, 2.05) is 38.1 Å². The molecule has 0 aliphatic carbocycles. The molecule has 3 amide bonds. The number of hydrogen-bond donors (Lipinski definition) is 3. The molecule has 3 N–H and O–H groups in total. The molecule has 9 nitrogen and oxygen atoms in total. The van der Waals surface area contributed by atoms with Crippen LogP contribution in [-0.2, 0) is 0 Å². The molecule has 69 heavy (non-hydrogen) atoms. The van der Waals surface area contributed by atoms with Crippen LogP contribution in [0.4, 0.5) is 37.3 Å². The van der Waals surface area contributed by atoms with Gasteiger partial charge in [0.25, 0.3) is 17.7 Å². The first-order chi connectivity index (χ1) is 33.1. The fourth-order valence-corrected chi connectivity index (χ4v) is 10.5. The average Bonchev–Trinajstić information content (AvgIpc) is 4.10. The molecule has 18 heteroatoms. The third-order valence-electron chi connectivity index (χ3n) is 11.0. The third-order valence-corrected chi connectivity index (χ3v) is 14.1. The van der Waals surface area contributed by atoms with Gasteiger partial charge in [-0.2, -0.15) is 0 Å². The molecular weight excluding hydrogens is 971 g/mol. The number of carbonyl (C=O) groups excluding carboxylic acids is 3. The molecule has 0 bridgehead atoms. The van der Waals surface area contributed by atoms with Crippen molar-refractivity contribution in [2.75, 3.05) is 16.0 Å². The first kappa shape index (κ1) is 46.7. The zero-order valence-electron chi connectivity index (χ0n) is 36.1. The Balaban J connectivity index is 0.859. The van der Waals surface area contributed by atoms with Crippen LogP contribution in [-0.4, -0.2) is 32.7 Å². The first-order valence-corrected chi connectivity index (χ1v) is 23.5. The number of carbonyl (C=O) groups is 3. The van der Waals surface area contributed by atoms with Crippen LogP contribution < -0.4 is 16.0 Å². The van der Waals surface area contributed by atoms with Crippen LogP contribution >= 0.6 is 45.6 Å². The number of aromatic nitrogens is 3. The predicted molar refractivity (Wildman–Crippen MR) is 263 cm³/mol. The molecule has 0 aliphatic heterocycles. The van der Waals surface area contributed by atoms with Crippen molar-refractivity contribution in [2.24, 2.45) is 0 Å². The van der Waals surface area contributed by atoms with Crippen molar-refractivity contribution in [1.29, 1.82) is 0 Å². The zero-order valence-corrected chi connectivity index (χ0v) is 39.3. The van der Waals surface area contributed by atoms with Gasteiger partial charge in [-0.3, -0.25) is 30.3 Å². The number of halogens is 6. The van der Waals surface area contributed by atoms with Gasteiger partial charge in [0.05, 0.1) is 25.8 Å². The van der Waals surface area contributed by atoms with Crippen molar-refractivity contribution in [3.05, 3.63) is 189 Å². The Morgan fingerprint density at radius 1 is 0.449 bits per heavy atom. The van der Waals surface area contributed by atoms with Gasteiger partial charge >= 0.3 is 0 Å². The monoisotopic (exact) mass is 1000 g/mol. The van der Waals surface area contributed by atoms with Gasteiger partial charge in [-0.25, -0.2) is 36.9 Å². The smallest absolute Gasteiger partial charge is 0.263 e. The maximum absolute atomic E-state index is 15.8. The van der Waals surface area contributed by atoms with Crippen LogP contribution in [0.15, 0.2) is 122 Å². The van der Waals surface area contributed by atoms with Gasteiger partial charge in [0.2, 0.25) is 0 Å². The largest absolute Gasteiger partial charge is 0.298 e. The summed E-state index contributed by atoms with van der Waals surface area (Å²) in [5.41, 5.74) is 3.65. The molecule has 0 saturated carbocycles. The Morgan fingerprint density at radius 2 is 0.942 bits per heavy atom. The van der Waals surface area contributed by atoms with Crippen molar-refractivity contribution in [2.45, 2.75) is 20.8 Å². The second-order valence-corrected chi connectivity index (χ2v) is 19.0. The number of thiazole rings is 3. The molecule has 0 aliphatic rings. The molecule has 0 unspecified atom stereocenters. The summed E-state index contributed by atoms with van der Waals surface area (Å²) in [4.78, 5) is 53.5. The normalized spacial score (nSPS) is 11.1. The van der Waals surface area contributed by atoms with E-state index in [1.54, 1.807) is 43.6 Å². The SMILES string of the molecule is Cc1cc(-c2cc(F)c(C(=O)Nc3ncc(-c4ccccc4C)s3)c(F)c2)c(F)cc1-c1cnc(NC(=O)c2ccc(-c3cc(C)c(-c4cnc(NC(=O)c5ccccc5F)s4)cc3Cl)cc2F)s1. The Kier molecular flexibility index (Phi) is 13.0. The molecule has 344 valence electrons. The van der Waals surface area contributed by atoms with Crippen molar-refractivity contribution >= 4 is 78.7 Å². The summed E-state index contributed by atoms with van der Waals surface area (Å²) in [5, 5.41) is 8.42. The number of nitrogens with one attached hydrogen (secondary N) is 3. The fourth-order valence-electron chi connectivity index (χ4n) is 7.50. The van der Waals surface area contributed by atoms with Gasteiger partial charge in [0.1, 0.15) is 34.6 Å². The molecule has 3 heterocycles. The Bertz CT molecular complexity index is 3520. The van der Waals surface area contributed by atoms with E-state index in [-0.39, 0.29) is 42.7 Å².